The van der Waals surface area contributed by atoms with Crippen LogP contribution < -0.4 is 0 Å². The van der Waals surface area contributed by atoms with E-state index in [0.717, 1.165) is 20.1 Å². The normalized spacial score (nSPS) is 10.6. The standard InChI is InChI=1S/C8H10O6/c1-5(9)14-6(3-7(10)11)4-8(12)13-2/h4H,3H2,1-2H3,(H,10,11). The van der Waals surface area contributed by atoms with Crippen LogP contribution in [0.4, 0.5) is 0 Å². The van der Waals surface area contributed by atoms with Gasteiger partial charge < -0.3 is 14.6 Å². The highest BCUT2D eigenvalue weighted by Crippen LogP contribution is 2.04. The van der Waals surface area contributed by atoms with Crippen LogP contribution in [0.15, 0.2) is 11.8 Å². The van der Waals surface area contributed by atoms with Gasteiger partial charge in [0.05, 0.1) is 13.2 Å². The lowest BCUT2D eigenvalue weighted by atomic mass is 10.3. The molecule has 6 heteroatoms. The number of rotatable bonds is 4. The van der Waals surface area contributed by atoms with E-state index in [0.29, 0.717) is 0 Å². The van der Waals surface area contributed by atoms with Crippen LogP contribution in [0.25, 0.3) is 0 Å². The van der Waals surface area contributed by atoms with Gasteiger partial charge in [-0.05, 0) is 0 Å². The van der Waals surface area contributed by atoms with E-state index in [4.69, 9.17) is 5.11 Å². The lowest BCUT2D eigenvalue weighted by molar-refractivity contribution is -0.140. The van der Waals surface area contributed by atoms with E-state index in [1.165, 1.54) is 0 Å². The average Bonchev–Trinajstić information content (AvgIpc) is 2.01. The molecule has 0 saturated carbocycles. The Hall–Kier alpha value is -1.85. The maximum Gasteiger partial charge on any atom is 0.333 e. The summed E-state index contributed by atoms with van der Waals surface area (Å²) >= 11 is 0. The molecule has 0 aromatic rings. The molecule has 0 atom stereocenters. The Morgan fingerprint density at radius 2 is 1.93 bits per heavy atom. The summed E-state index contributed by atoms with van der Waals surface area (Å²) in [6.45, 7) is 1.10. The average molecular weight is 202 g/mol. The van der Waals surface area contributed by atoms with Crippen LogP contribution in [0.2, 0.25) is 0 Å². The lowest BCUT2D eigenvalue weighted by Gasteiger charge is -2.03. The van der Waals surface area contributed by atoms with E-state index in [1.54, 1.807) is 0 Å². The fraction of sp³-hybridized carbons (Fsp3) is 0.375. The Bertz CT molecular complexity index is 260. The van der Waals surface area contributed by atoms with Gasteiger partial charge in [0.25, 0.3) is 0 Å². The van der Waals surface area contributed by atoms with Crippen molar-refractivity contribution in [3.05, 3.63) is 11.8 Å². The van der Waals surface area contributed by atoms with Crippen molar-refractivity contribution in [2.45, 2.75) is 13.3 Å². The molecule has 0 heterocycles. The number of ether oxygens (including phenoxy) is 2. The summed E-state index contributed by atoms with van der Waals surface area (Å²) in [4.78, 5) is 31.5. The molecule has 78 valence electrons. The number of hydrogen-bond acceptors (Lipinski definition) is 5. The predicted octanol–water partition coefficient (Wildman–Crippen LogP) is 0.0811. The molecule has 0 fully saturated rings. The Morgan fingerprint density at radius 1 is 1.36 bits per heavy atom. The summed E-state index contributed by atoms with van der Waals surface area (Å²) in [6, 6.07) is 0. The van der Waals surface area contributed by atoms with Gasteiger partial charge >= 0.3 is 17.9 Å². The second-order valence-corrected chi connectivity index (χ2v) is 2.30. The number of carbonyl (C=O) groups excluding carboxylic acids is 2. The third kappa shape index (κ3) is 5.76. The molecule has 0 unspecified atom stereocenters. The number of carbonyl (C=O) groups is 3. The highest BCUT2D eigenvalue weighted by Gasteiger charge is 2.10. The Labute approximate surface area is 80.1 Å². The van der Waals surface area contributed by atoms with Crippen molar-refractivity contribution >= 4 is 17.9 Å². The molecule has 0 rings (SSSR count). The van der Waals surface area contributed by atoms with Crippen LogP contribution >= 0.6 is 0 Å². The smallest absolute Gasteiger partial charge is 0.333 e. The molecule has 6 nitrogen and oxygen atoms in total. The second kappa shape index (κ2) is 5.74. The summed E-state index contributed by atoms with van der Waals surface area (Å²) in [5.74, 6) is -2.93. The zero-order valence-electron chi connectivity index (χ0n) is 7.77. The van der Waals surface area contributed by atoms with Crippen molar-refractivity contribution < 1.29 is 29.0 Å². The van der Waals surface area contributed by atoms with E-state index in [2.05, 4.69) is 9.47 Å². The van der Waals surface area contributed by atoms with E-state index >= 15 is 0 Å². The summed E-state index contributed by atoms with van der Waals surface area (Å²) in [6.07, 6.45) is 0.268. The Balaban J connectivity index is 4.53. The molecule has 0 aromatic carbocycles. The van der Waals surface area contributed by atoms with Gasteiger partial charge in [0.2, 0.25) is 0 Å². The summed E-state index contributed by atoms with van der Waals surface area (Å²) in [7, 11) is 1.13. The van der Waals surface area contributed by atoms with Crippen molar-refractivity contribution in [2.24, 2.45) is 0 Å². The van der Waals surface area contributed by atoms with Gasteiger partial charge in [-0.3, -0.25) is 9.59 Å². The zero-order valence-corrected chi connectivity index (χ0v) is 7.77. The first-order valence-electron chi connectivity index (χ1n) is 3.64. The first-order chi connectivity index (χ1) is 6.45. The molecule has 0 saturated heterocycles. The van der Waals surface area contributed by atoms with Crippen molar-refractivity contribution in [1.29, 1.82) is 0 Å². The molecule has 0 bridgehead atoms. The van der Waals surface area contributed by atoms with E-state index in [1.807, 2.05) is 0 Å². The summed E-state index contributed by atoms with van der Waals surface area (Å²) < 4.78 is 8.72. The maximum atomic E-state index is 10.7. The third-order valence-corrected chi connectivity index (χ3v) is 1.08. The van der Waals surface area contributed by atoms with Crippen LogP contribution in [-0.4, -0.2) is 30.1 Å². The summed E-state index contributed by atoms with van der Waals surface area (Å²) in [5.41, 5.74) is 0. The molecule has 0 aliphatic rings. The van der Waals surface area contributed by atoms with Gasteiger partial charge in [-0.1, -0.05) is 0 Å². The van der Waals surface area contributed by atoms with Gasteiger partial charge in [-0.25, -0.2) is 4.79 Å². The third-order valence-electron chi connectivity index (χ3n) is 1.08. The number of esters is 2. The molecule has 0 radical (unpaired) electrons. The van der Waals surface area contributed by atoms with Crippen molar-refractivity contribution in [3.8, 4) is 0 Å². The number of methoxy groups -OCH3 is 1. The molecular formula is C8H10O6. The van der Waals surface area contributed by atoms with Crippen molar-refractivity contribution in [1.82, 2.24) is 0 Å². The Kier molecular flexibility index (Phi) is 4.98. The van der Waals surface area contributed by atoms with Crippen molar-refractivity contribution in [2.75, 3.05) is 7.11 Å². The van der Waals surface area contributed by atoms with Crippen LogP contribution in [-0.2, 0) is 23.9 Å². The van der Waals surface area contributed by atoms with E-state index in [9.17, 15) is 14.4 Å². The number of aliphatic carboxylic acids is 1. The van der Waals surface area contributed by atoms with Crippen LogP contribution in [0.3, 0.4) is 0 Å². The van der Waals surface area contributed by atoms with E-state index < -0.39 is 24.3 Å². The van der Waals surface area contributed by atoms with E-state index in [-0.39, 0.29) is 5.76 Å². The largest absolute Gasteiger partial charge is 0.481 e. The van der Waals surface area contributed by atoms with Crippen LogP contribution in [0.1, 0.15) is 13.3 Å². The minimum absolute atomic E-state index is 0.253. The van der Waals surface area contributed by atoms with Crippen LogP contribution in [0.5, 0.6) is 0 Å². The molecule has 0 spiro atoms. The Morgan fingerprint density at radius 3 is 2.29 bits per heavy atom. The zero-order chi connectivity index (χ0) is 11.1. The fourth-order valence-corrected chi connectivity index (χ4v) is 0.641. The second-order valence-electron chi connectivity index (χ2n) is 2.30. The van der Waals surface area contributed by atoms with Crippen LogP contribution in [0, 0.1) is 0 Å². The number of carboxylic acids is 1. The number of hydrogen-bond donors (Lipinski definition) is 1. The fourth-order valence-electron chi connectivity index (χ4n) is 0.641. The first-order valence-corrected chi connectivity index (χ1v) is 3.64. The molecule has 0 aromatic heterocycles. The lowest BCUT2D eigenvalue weighted by Crippen LogP contribution is -2.07. The molecule has 14 heavy (non-hydrogen) atoms. The molecule has 1 N–H and O–H groups in total. The highest BCUT2D eigenvalue weighted by atomic mass is 16.5. The SMILES string of the molecule is COC(=O)C=C(CC(=O)O)OC(C)=O. The maximum absolute atomic E-state index is 10.7. The van der Waals surface area contributed by atoms with Gasteiger partial charge in [0.1, 0.15) is 12.2 Å². The molecule has 0 aliphatic heterocycles. The summed E-state index contributed by atoms with van der Waals surface area (Å²) in [5, 5.41) is 8.40. The minimum atomic E-state index is -1.21. The topological polar surface area (TPSA) is 89.9 Å². The van der Waals surface area contributed by atoms with Crippen molar-refractivity contribution in [3.63, 3.8) is 0 Å². The number of carboxylic acid groups (broad SMARTS) is 1. The monoisotopic (exact) mass is 202 g/mol. The quantitative estimate of drug-likeness (QED) is 0.394. The first kappa shape index (κ1) is 12.2. The minimum Gasteiger partial charge on any atom is -0.481 e. The van der Waals surface area contributed by atoms with Gasteiger partial charge in [0.15, 0.2) is 0 Å². The predicted molar refractivity (Wildman–Crippen MR) is 44.1 cm³/mol. The van der Waals surface area contributed by atoms with Gasteiger partial charge in [-0.2, -0.15) is 0 Å². The molecule has 0 amide bonds. The molecule has 0 aliphatic carbocycles. The highest BCUT2D eigenvalue weighted by molar-refractivity contribution is 5.84. The molecular weight excluding hydrogens is 192 g/mol. The van der Waals surface area contributed by atoms with Gasteiger partial charge in [0, 0.05) is 6.92 Å². The van der Waals surface area contributed by atoms with Gasteiger partial charge in [-0.15, -0.1) is 0 Å².